The SMILES string of the molecule is CCC1CC(C(O)c2ccccn2)C1. The maximum atomic E-state index is 9.99. The van der Waals surface area contributed by atoms with E-state index in [9.17, 15) is 5.11 Å². The molecule has 1 aliphatic rings. The summed E-state index contributed by atoms with van der Waals surface area (Å²) in [6, 6.07) is 5.72. The van der Waals surface area contributed by atoms with Gasteiger partial charge in [0.05, 0.1) is 11.8 Å². The van der Waals surface area contributed by atoms with Crippen molar-refractivity contribution in [2.24, 2.45) is 11.8 Å². The first-order chi connectivity index (χ1) is 6.81. The highest BCUT2D eigenvalue weighted by Gasteiger charge is 2.34. The van der Waals surface area contributed by atoms with Crippen molar-refractivity contribution in [3.8, 4) is 0 Å². The summed E-state index contributed by atoms with van der Waals surface area (Å²) in [5.41, 5.74) is 0.826. The van der Waals surface area contributed by atoms with Crippen molar-refractivity contribution in [3.05, 3.63) is 30.1 Å². The summed E-state index contributed by atoms with van der Waals surface area (Å²) in [5.74, 6) is 1.27. The van der Waals surface area contributed by atoms with E-state index in [1.54, 1.807) is 6.20 Å². The predicted octanol–water partition coefficient (Wildman–Crippen LogP) is 2.55. The first-order valence-electron chi connectivity index (χ1n) is 5.40. The number of nitrogens with zero attached hydrogens (tertiary/aromatic N) is 1. The zero-order valence-corrected chi connectivity index (χ0v) is 8.56. The number of hydrogen-bond donors (Lipinski definition) is 1. The van der Waals surface area contributed by atoms with Crippen LogP contribution in [0, 0.1) is 11.8 Å². The van der Waals surface area contributed by atoms with Crippen molar-refractivity contribution < 1.29 is 5.11 Å². The number of aliphatic hydroxyl groups is 1. The smallest absolute Gasteiger partial charge is 0.0987 e. The Morgan fingerprint density at radius 3 is 2.86 bits per heavy atom. The van der Waals surface area contributed by atoms with Gasteiger partial charge in [-0.05, 0) is 36.8 Å². The van der Waals surface area contributed by atoms with E-state index in [0.29, 0.717) is 5.92 Å². The van der Waals surface area contributed by atoms with Crippen molar-refractivity contribution >= 4 is 0 Å². The third-order valence-corrected chi connectivity index (χ3v) is 3.29. The summed E-state index contributed by atoms with van der Waals surface area (Å²) in [6.07, 6.45) is 4.96. The Kier molecular flexibility index (Phi) is 2.82. The average molecular weight is 191 g/mol. The molecule has 0 saturated heterocycles. The number of hydrogen-bond acceptors (Lipinski definition) is 2. The number of pyridine rings is 1. The summed E-state index contributed by atoms with van der Waals surface area (Å²) < 4.78 is 0. The van der Waals surface area contributed by atoms with Crippen LogP contribution in [0.15, 0.2) is 24.4 Å². The van der Waals surface area contributed by atoms with Gasteiger partial charge in [0.15, 0.2) is 0 Å². The van der Waals surface area contributed by atoms with E-state index in [-0.39, 0.29) is 6.10 Å². The Morgan fingerprint density at radius 2 is 2.29 bits per heavy atom. The van der Waals surface area contributed by atoms with Crippen LogP contribution in [0.5, 0.6) is 0 Å². The second-order valence-corrected chi connectivity index (χ2v) is 4.21. The van der Waals surface area contributed by atoms with Crippen LogP contribution in [-0.4, -0.2) is 10.1 Å². The Morgan fingerprint density at radius 1 is 1.50 bits per heavy atom. The lowest BCUT2D eigenvalue weighted by molar-refractivity contribution is 0.0226. The molecular weight excluding hydrogens is 174 g/mol. The van der Waals surface area contributed by atoms with Crippen LogP contribution in [0.2, 0.25) is 0 Å². The summed E-state index contributed by atoms with van der Waals surface area (Å²) in [4.78, 5) is 4.18. The Bertz CT molecular complexity index is 280. The Balaban J connectivity index is 1.94. The largest absolute Gasteiger partial charge is 0.387 e. The number of aliphatic hydroxyl groups excluding tert-OH is 1. The maximum Gasteiger partial charge on any atom is 0.0987 e. The van der Waals surface area contributed by atoms with Crippen LogP contribution in [0.3, 0.4) is 0 Å². The van der Waals surface area contributed by atoms with E-state index in [0.717, 1.165) is 24.5 Å². The zero-order chi connectivity index (χ0) is 9.97. The van der Waals surface area contributed by atoms with Crippen LogP contribution in [0.25, 0.3) is 0 Å². The highest BCUT2D eigenvalue weighted by atomic mass is 16.3. The van der Waals surface area contributed by atoms with Crippen molar-refractivity contribution in [2.45, 2.75) is 32.3 Å². The first-order valence-corrected chi connectivity index (χ1v) is 5.40. The van der Waals surface area contributed by atoms with E-state index in [4.69, 9.17) is 0 Å². The quantitative estimate of drug-likeness (QED) is 0.796. The van der Waals surface area contributed by atoms with Crippen LogP contribution < -0.4 is 0 Å². The van der Waals surface area contributed by atoms with E-state index >= 15 is 0 Å². The van der Waals surface area contributed by atoms with Crippen LogP contribution >= 0.6 is 0 Å². The zero-order valence-electron chi connectivity index (χ0n) is 8.56. The minimum Gasteiger partial charge on any atom is -0.387 e. The lowest BCUT2D eigenvalue weighted by atomic mass is 9.70. The fraction of sp³-hybridized carbons (Fsp3) is 0.583. The molecule has 1 unspecified atom stereocenters. The molecule has 0 aliphatic heterocycles. The molecule has 1 aromatic rings. The molecule has 0 aromatic carbocycles. The van der Waals surface area contributed by atoms with Gasteiger partial charge in [0.1, 0.15) is 0 Å². The van der Waals surface area contributed by atoms with Crippen LogP contribution in [-0.2, 0) is 0 Å². The van der Waals surface area contributed by atoms with Crippen molar-refractivity contribution in [1.29, 1.82) is 0 Å². The molecule has 1 aliphatic carbocycles. The molecule has 0 bridgehead atoms. The van der Waals surface area contributed by atoms with E-state index in [2.05, 4.69) is 11.9 Å². The van der Waals surface area contributed by atoms with Gasteiger partial charge in [-0.25, -0.2) is 0 Å². The van der Waals surface area contributed by atoms with E-state index in [1.165, 1.54) is 6.42 Å². The molecule has 1 N–H and O–H groups in total. The molecule has 1 atom stereocenters. The fourth-order valence-corrected chi connectivity index (χ4v) is 2.17. The first kappa shape index (κ1) is 9.66. The normalized spacial score (nSPS) is 28.1. The monoisotopic (exact) mass is 191 g/mol. The molecular formula is C12H17NO. The third kappa shape index (κ3) is 1.80. The molecule has 0 radical (unpaired) electrons. The molecule has 1 saturated carbocycles. The summed E-state index contributed by atoms with van der Waals surface area (Å²) in [7, 11) is 0. The fourth-order valence-electron chi connectivity index (χ4n) is 2.17. The van der Waals surface area contributed by atoms with Gasteiger partial charge in [-0.15, -0.1) is 0 Å². The topological polar surface area (TPSA) is 33.1 Å². The van der Waals surface area contributed by atoms with Gasteiger partial charge in [0.25, 0.3) is 0 Å². The molecule has 14 heavy (non-hydrogen) atoms. The highest BCUT2D eigenvalue weighted by molar-refractivity contribution is 5.08. The van der Waals surface area contributed by atoms with E-state index < -0.39 is 0 Å². The molecule has 2 rings (SSSR count). The van der Waals surface area contributed by atoms with Gasteiger partial charge in [0, 0.05) is 6.20 Å². The van der Waals surface area contributed by atoms with Gasteiger partial charge in [0.2, 0.25) is 0 Å². The highest BCUT2D eigenvalue weighted by Crippen LogP contribution is 2.42. The molecule has 2 heteroatoms. The molecule has 1 heterocycles. The molecule has 1 aromatic heterocycles. The number of aromatic nitrogens is 1. The lowest BCUT2D eigenvalue weighted by Gasteiger charge is -2.37. The lowest BCUT2D eigenvalue weighted by Crippen LogP contribution is -2.28. The molecule has 0 spiro atoms. The molecule has 1 fully saturated rings. The third-order valence-electron chi connectivity index (χ3n) is 3.29. The molecule has 76 valence electrons. The molecule has 0 amide bonds. The van der Waals surface area contributed by atoms with Gasteiger partial charge in [-0.1, -0.05) is 19.4 Å². The Labute approximate surface area is 85.0 Å². The summed E-state index contributed by atoms with van der Waals surface area (Å²) in [6.45, 7) is 2.22. The number of rotatable bonds is 3. The van der Waals surface area contributed by atoms with Crippen molar-refractivity contribution in [3.63, 3.8) is 0 Å². The minimum absolute atomic E-state index is 0.348. The standard InChI is InChI=1S/C12H17NO/c1-2-9-7-10(8-9)12(14)11-5-3-4-6-13-11/h3-6,9-10,12,14H,2,7-8H2,1H3. The Hall–Kier alpha value is -0.890. The maximum absolute atomic E-state index is 9.99. The van der Waals surface area contributed by atoms with Crippen molar-refractivity contribution in [2.75, 3.05) is 0 Å². The summed E-state index contributed by atoms with van der Waals surface area (Å²) >= 11 is 0. The average Bonchev–Trinajstić information content (AvgIpc) is 2.17. The molecule has 2 nitrogen and oxygen atoms in total. The second-order valence-electron chi connectivity index (χ2n) is 4.21. The summed E-state index contributed by atoms with van der Waals surface area (Å²) in [5, 5.41) is 9.99. The van der Waals surface area contributed by atoms with Crippen LogP contribution in [0.1, 0.15) is 38.0 Å². The van der Waals surface area contributed by atoms with Gasteiger partial charge < -0.3 is 5.11 Å². The van der Waals surface area contributed by atoms with Gasteiger partial charge in [-0.2, -0.15) is 0 Å². The van der Waals surface area contributed by atoms with Crippen LogP contribution in [0.4, 0.5) is 0 Å². The van der Waals surface area contributed by atoms with Gasteiger partial charge in [-0.3, -0.25) is 4.98 Å². The van der Waals surface area contributed by atoms with Crippen molar-refractivity contribution in [1.82, 2.24) is 4.98 Å². The second kappa shape index (κ2) is 4.09. The minimum atomic E-state index is -0.348. The van der Waals surface area contributed by atoms with Gasteiger partial charge >= 0.3 is 0 Å². The predicted molar refractivity (Wildman–Crippen MR) is 55.7 cm³/mol. The van der Waals surface area contributed by atoms with E-state index in [1.807, 2.05) is 18.2 Å².